The van der Waals surface area contributed by atoms with Crippen LogP contribution in [0.2, 0.25) is 0 Å². The van der Waals surface area contributed by atoms with Crippen LogP contribution < -0.4 is 5.73 Å². The fourth-order valence-electron chi connectivity index (χ4n) is 0.834. The van der Waals surface area contributed by atoms with Gasteiger partial charge in [0.2, 0.25) is 5.82 Å². The summed E-state index contributed by atoms with van der Waals surface area (Å²) in [7, 11) is 0. The van der Waals surface area contributed by atoms with Crippen molar-refractivity contribution in [3.05, 3.63) is 18.0 Å². The van der Waals surface area contributed by atoms with E-state index in [2.05, 4.69) is 19.3 Å². The lowest BCUT2D eigenvalue weighted by Gasteiger charge is -1.92. The number of nitrogen functional groups attached to an aromatic ring is 1. The minimum absolute atomic E-state index is 0.430. The van der Waals surface area contributed by atoms with E-state index in [1.165, 1.54) is 0 Å². The SMILES string of the molecule is Cc1cnc(-c2nsc(N)n2)nc1. The average molecular weight is 193 g/mol. The van der Waals surface area contributed by atoms with E-state index in [9.17, 15) is 0 Å². The van der Waals surface area contributed by atoms with Crippen molar-refractivity contribution in [2.45, 2.75) is 6.92 Å². The van der Waals surface area contributed by atoms with Crippen LogP contribution in [0.4, 0.5) is 5.13 Å². The summed E-state index contributed by atoms with van der Waals surface area (Å²) in [6.07, 6.45) is 3.44. The summed E-state index contributed by atoms with van der Waals surface area (Å²) < 4.78 is 4.00. The maximum Gasteiger partial charge on any atom is 0.212 e. The molecule has 6 heteroatoms. The van der Waals surface area contributed by atoms with Gasteiger partial charge >= 0.3 is 0 Å². The van der Waals surface area contributed by atoms with E-state index in [4.69, 9.17) is 5.73 Å². The summed E-state index contributed by atoms with van der Waals surface area (Å²) in [5.74, 6) is 1.00. The summed E-state index contributed by atoms with van der Waals surface area (Å²) in [5, 5.41) is 0.430. The first-order valence-electron chi connectivity index (χ1n) is 3.64. The van der Waals surface area contributed by atoms with Crippen molar-refractivity contribution in [3.63, 3.8) is 0 Å². The van der Waals surface area contributed by atoms with Crippen LogP contribution in [0.25, 0.3) is 11.6 Å². The van der Waals surface area contributed by atoms with Crippen LogP contribution in [0.15, 0.2) is 12.4 Å². The first-order valence-corrected chi connectivity index (χ1v) is 4.41. The Balaban J connectivity index is 2.41. The van der Waals surface area contributed by atoms with Crippen molar-refractivity contribution in [2.75, 3.05) is 5.73 Å². The van der Waals surface area contributed by atoms with Crippen molar-refractivity contribution >= 4 is 16.7 Å². The average Bonchev–Trinajstić information content (AvgIpc) is 2.53. The second-order valence-electron chi connectivity index (χ2n) is 2.54. The molecule has 2 heterocycles. The molecule has 0 aliphatic rings. The van der Waals surface area contributed by atoms with Gasteiger partial charge in [-0.15, -0.1) is 0 Å². The highest BCUT2D eigenvalue weighted by atomic mass is 32.1. The van der Waals surface area contributed by atoms with Gasteiger partial charge in [-0.2, -0.15) is 9.36 Å². The third-order valence-electron chi connectivity index (χ3n) is 1.42. The molecule has 0 saturated heterocycles. The molecule has 2 N–H and O–H groups in total. The highest BCUT2D eigenvalue weighted by molar-refractivity contribution is 7.09. The lowest BCUT2D eigenvalue weighted by atomic mass is 10.4. The maximum atomic E-state index is 5.44. The lowest BCUT2D eigenvalue weighted by molar-refractivity contribution is 1.10. The first kappa shape index (κ1) is 8.06. The summed E-state index contributed by atoms with van der Waals surface area (Å²) in [6, 6.07) is 0. The molecule has 0 aliphatic heterocycles. The molecule has 0 saturated carbocycles. The molecule has 0 atom stereocenters. The van der Waals surface area contributed by atoms with Crippen molar-refractivity contribution in [2.24, 2.45) is 0 Å². The molecular formula is C7H7N5S. The van der Waals surface area contributed by atoms with Gasteiger partial charge in [-0.25, -0.2) is 9.97 Å². The van der Waals surface area contributed by atoms with Crippen molar-refractivity contribution in [1.82, 2.24) is 19.3 Å². The summed E-state index contributed by atoms with van der Waals surface area (Å²) >= 11 is 1.14. The fourth-order valence-corrected chi connectivity index (χ4v) is 1.26. The number of anilines is 1. The topological polar surface area (TPSA) is 77.6 Å². The number of hydrogen-bond acceptors (Lipinski definition) is 6. The Morgan fingerprint density at radius 3 is 2.46 bits per heavy atom. The number of aryl methyl sites for hydroxylation is 1. The molecule has 66 valence electrons. The number of hydrogen-bond donors (Lipinski definition) is 1. The second kappa shape index (κ2) is 3.06. The van der Waals surface area contributed by atoms with E-state index in [0.717, 1.165) is 17.1 Å². The molecule has 0 fully saturated rings. The number of aromatic nitrogens is 4. The van der Waals surface area contributed by atoms with E-state index in [1.54, 1.807) is 12.4 Å². The third kappa shape index (κ3) is 1.62. The van der Waals surface area contributed by atoms with Crippen LogP contribution in [-0.2, 0) is 0 Å². The van der Waals surface area contributed by atoms with Crippen molar-refractivity contribution in [3.8, 4) is 11.6 Å². The predicted molar refractivity (Wildman–Crippen MR) is 50.1 cm³/mol. The fraction of sp³-hybridized carbons (Fsp3) is 0.143. The van der Waals surface area contributed by atoms with E-state index >= 15 is 0 Å². The first-order chi connectivity index (χ1) is 6.25. The Morgan fingerprint density at radius 2 is 1.92 bits per heavy atom. The molecule has 2 aromatic heterocycles. The van der Waals surface area contributed by atoms with Gasteiger partial charge in [-0.05, 0) is 12.5 Å². The predicted octanol–water partition coefficient (Wildman–Crippen LogP) is 0.886. The van der Waals surface area contributed by atoms with Crippen LogP contribution in [0.1, 0.15) is 5.56 Å². The van der Waals surface area contributed by atoms with Gasteiger partial charge in [0.05, 0.1) is 0 Å². The molecular weight excluding hydrogens is 186 g/mol. The van der Waals surface area contributed by atoms with E-state index < -0.39 is 0 Å². The van der Waals surface area contributed by atoms with Gasteiger partial charge in [0.15, 0.2) is 11.0 Å². The minimum Gasteiger partial charge on any atom is -0.374 e. The summed E-state index contributed by atoms with van der Waals surface area (Å²) in [5.41, 5.74) is 6.44. The number of rotatable bonds is 1. The Labute approximate surface area is 78.9 Å². The molecule has 2 aromatic rings. The third-order valence-corrected chi connectivity index (χ3v) is 1.97. The molecule has 0 unspecified atom stereocenters. The van der Waals surface area contributed by atoms with Gasteiger partial charge in [-0.1, -0.05) is 0 Å². The van der Waals surface area contributed by atoms with Gasteiger partial charge in [0.25, 0.3) is 0 Å². The maximum absolute atomic E-state index is 5.44. The molecule has 13 heavy (non-hydrogen) atoms. The lowest BCUT2D eigenvalue weighted by Crippen LogP contribution is -1.91. The minimum atomic E-state index is 0.430. The van der Waals surface area contributed by atoms with Crippen molar-refractivity contribution < 1.29 is 0 Å². The highest BCUT2D eigenvalue weighted by Gasteiger charge is 2.06. The van der Waals surface area contributed by atoms with Crippen LogP contribution in [0, 0.1) is 6.92 Å². The van der Waals surface area contributed by atoms with Crippen molar-refractivity contribution in [1.29, 1.82) is 0 Å². The Kier molecular flexibility index (Phi) is 1.90. The van der Waals surface area contributed by atoms with Gasteiger partial charge in [0.1, 0.15) is 0 Å². The molecule has 0 aromatic carbocycles. The van der Waals surface area contributed by atoms with E-state index in [-0.39, 0.29) is 0 Å². The zero-order valence-corrected chi connectivity index (χ0v) is 7.75. The Hall–Kier alpha value is -1.56. The molecule has 0 amide bonds. The van der Waals surface area contributed by atoms with Crippen LogP contribution in [0.5, 0.6) is 0 Å². The van der Waals surface area contributed by atoms with Crippen LogP contribution >= 0.6 is 11.5 Å². The number of nitrogens with two attached hydrogens (primary N) is 1. The van der Waals surface area contributed by atoms with E-state index in [1.807, 2.05) is 6.92 Å². The molecule has 0 radical (unpaired) electrons. The summed E-state index contributed by atoms with van der Waals surface area (Å²) in [6.45, 7) is 1.92. The number of nitrogens with zero attached hydrogens (tertiary/aromatic N) is 4. The second-order valence-corrected chi connectivity index (χ2v) is 3.32. The molecule has 2 rings (SSSR count). The highest BCUT2D eigenvalue weighted by Crippen LogP contribution is 2.14. The summed E-state index contributed by atoms with van der Waals surface area (Å²) in [4.78, 5) is 12.1. The smallest absolute Gasteiger partial charge is 0.212 e. The van der Waals surface area contributed by atoms with Gasteiger partial charge in [0, 0.05) is 23.9 Å². The zero-order valence-electron chi connectivity index (χ0n) is 6.93. The van der Waals surface area contributed by atoms with Crippen LogP contribution in [-0.4, -0.2) is 19.3 Å². The largest absolute Gasteiger partial charge is 0.374 e. The standard InChI is InChI=1S/C7H7N5S/c1-4-2-9-5(10-3-4)6-11-7(8)13-12-6/h2-3H,1H3,(H2,8,11,12). The molecule has 5 nitrogen and oxygen atoms in total. The van der Waals surface area contributed by atoms with Gasteiger partial charge in [-0.3, -0.25) is 0 Å². The van der Waals surface area contributed by atoms with Gasteiger partial charge < -0.3 is 5.73 Å². The normalized spacial score (nSPS) is 10.2. The molecule has 0 aliphatic carbocycles. The van der Waals surface area contributed by atoms with E-state index in [0.29, 0.717) is 16.8 Å². The molecule has 0 spiro atoms. The molecule has 0 bridgehead atoms. The quantitative estimate of drug-likeness (QED) is 0.727. The zero-order chi connectivity index (χ0) is 9.26. The van der Waals surface area contributed by atoms with Crippen LogP contribution in [0.3, 0.4) is 0 Å². The monoisotopic (exact) mass is 193 g/mol. The Morgan fingerprint density at radius 1 is 1.23 bits per heavy atom. The Bertz CT molecular complexity index is 407.